The van der Waals surface area contributed by atoms with Crippen molar-refractivity contribution >= 4 is 0 Å². The summed E-state index contributed by atoms with van der Waals surface area (Å²) in [6.45, 7) is 3.09. The molecule has 0 saturated heterocycles. The molecule has 0 aromatic rings. The maximum atomic E-state index is 5.64. The van der Waals surface area contributed by atoms with Gasteiger partial charge in [-0.25, -0.2) is 0 Å². The molecule has 1 aliphatic rings. The van der Waals surface area contributed by atoms with E-state index in [1.165, 1.54) is 38.5 Å². The Kier molecular flexibility index (Phi) is 6.21. The summed E-state index contributed by atoms with van der Waals surface area (Å²) in [5.41, 5.74) is 0. The molecule has 0 aromatic heterocycles. The molecule has 0 spiro atoms. The minimum Gasteiger partial charge on any atom is -0.381 e. The van der Waals surface area contributed by atoms with E-state index in [1.54, 1.807) is 0 Å². The third-order valence-electron chi connectivity index (χ3n) is 2.79. The SMILES string of the molecule is CNCCCCOCC1CCCC1. The second-order valence-corrected chi connectivity index (χ2v) is 4.04. The van der Waals surface area contributed by atoms with Crippen molar-refractivity contribution in [2.75, 3.05) is 26.8 Å². The van der Waals surface area contributed by atoms with Gasteiger partial charge in [0, 0.05) is 13.2 Å². The van der Waals surface area contributed by atoms with Crippen molar-refractivity contribution in [1.82, 2.24) is 5.32 Å². The molecule has 1 rings (SSSR count). The van der Waals surface area contributed by atoms with Crippen molar-refractivity contribution in [2.24, 2.45) is 5.92 Å². The molecule has 1 fully saturated rings. The Hall–Kier alpha value is -0.0800. The summed E-state index contributed by atoms with van der Waals surface area (Å²) >= 11 is 0. The normalized spacial score (nSPS) is 18.2. The first-order chi connectivity index (χ1) is 6.43. The van der Waals surface area contributed by atoms with Crippen LogP contribution in [-0.4, -0.2) is 26.8 Å². The van der Waals surface area contributed by atoms with Crippen LogP contribution in [0.4, 0.5) is 0 Å². The van der Waals surface area contributed by atoms with Crippen LogP contribution in [0.3, 0.4) is 0 Å². The van der Waals surface area contributed by atoms with E-state index in [0.29, 0.717) is 0 Å². The van der Waals surface area contributed by atoms with Gasteiger partial charge in [-0.15, -0.1) is 0 Å². The van der Waals surface area contributed by atoms with Gasteiger partial charge in [-0.05, 0) is 45.2 Å². The first-order valence-corrected chi connectivity index (χ1v) is 5.66. The van der Waals surface area contributed by atoms with Gasteiger partial charge in [0.1, 0.15) is 0 Å². The van der Waals surface area contributed by atoms with Crippen LogP contribution in [0.1, 0.15) is 38.5 Å². The number of rotatable bonds is 7. The molecular formula is C11H23NO. The third-order valence-corrected chi connectivity index (χ3v) is 2.79. The molecule has 0 amide bonds. The van der Waals surface area contributed by atoms with Crippen molar-refractivity contribution in [2.45, 2.75) is 38.5 Å². The predicted molar refractivity (Wildman–Crippen MR) is 55.9 cm³/mol. The van der Waals surface area contributed by atoms with Crippen molar-refractivity contribution in [3.8, 4) is 0 Å². The van der Waals surface area contributed by atoms with Crippen LogP contribution in [0.25, 0.3) is 0 Å². The van der Waals surface area contributed by atoms with Gasteiger partial charge in [0.15, 0.2) is 0 Å². The molecule has 0 aromatic carbocycles. The van der Waals surface area contributed by atoms with Gasteiger partial charge in [0.05, 0.1) is 0 Å². The number of nitrogens with one attached hydrogen (secondary N) is 1. The van der Waals surface area contributed by atoms with E-state index in [0.717, 1.165) is 25.7 Å². The Bertz CT molecular complexity index is 111. The summed E-state index contributed by atoms with van der Waals surface area (Å²) < 4.78 is 5.64. The topological polar surface area (TPSA) is 21.3 Å². The summed E-state index contributed by atoms with van der Waals surface area (Å²) in [7, 11) is 2.00. The quantitative estimate of drug-likeness (QED) is 0.614. The maximum absolute atomic E-state index is 5.64. The number of ether oxygens (including phenoxy) is 1. The van der Waals surface area contributed by atoms with Crippen LogP contribution < -0.4 is 5.32 Å². The second kappa shape index (κ2) is 7.34. The summed E-state index contributed by atoms with van der Waals surface area (Å²) in [5.74, 6) is 0.879. The fraction of sp³-hybridized carbons (Fsp3) is 1.00. The van der Waals surface area contributed by atoms with Gasteiger partial charge in [-0.1, -0.05) is 12.8 Å². The molecule has 13 heavy (non-hydrogen) atoms. The first-order valence-electron chi connectivity index (χ1n) is 5.66. The van der Waals surface area contributed by atoms with E-state index >= 15 is 0 Å². The minimum absolute atomic E-state index is 0.879. The van der Waals surface area contributed by atoms with Gasteiger partial charge in [0.25, 0.3) is 0 Å². The average Bonchev–Trinajstić information content (AvgIpc) is 2.63. The zero-order valence-corrected chi connectivity index (χ0v) is 8.85. The molecule has 1 aliphatic carbocycles. The average molecular weight is 185 g/mol. The molecule has 0 bridgehead atoms. The highest BCUT2D eigenvalue weighted by molar-refractivity contribution is 4.66. The van der Waals surface area contributed by atoms with E-state index in [-0.39, 0.29) is 0 Å². The predicted octanol–water partition coefficient (Wildman–Crippen LogP) is 2.19. The lowest BCUT2D eigenvalue weighted by atomic mass is 10.1. The van der Waals surface area contributed by atoms with Gasteiger partial charge < -0.3 is 10.1 Å². The van der Waals surface area contributed by atoms with Gasteiger partial charge >= 0.3 is 0 Å². The fourth-order valence-corrected chi connectivity index (χ4v) is 1.93. The minimum atomic E-state index is 0.879. The molecule has 2 nitrogen and oxygen atoms in total. The highest BCUT2D eigenvalue weighted by atomic mass is 16.5. The largest absolute Gasteiger partial charge is 0.381 e. The zero-order valence-electron chi connectivity index (χ0n) is 8.85. The first kappa shape index (κ1) is 11.0. The summed E-state index contributed by atoms with van der Waals surface area (Å²) in [5, 5.41) is 3.14. The van der Waals surface area contributed by atoms with Crippen LogP contribution in [0, 0.1) is 5.92 Å². The van der Waals surface area contributed by atoms with Crippen LogP contribution in [0.2, 0.25) is 0 Å². The Labute approximate surface area is 82.0 Å². The molecule has 0 heterocycles. The summed E-state index contributed by atoms with van der Waals surface area (Å²) in [6.07, 6.45) is 8.09. The molecule has 2 heteroatoms. The van der Waals surface area contributed by atoms with E-state index in [1.807, 2.05) is 7.05 Å². The highest BCUT2D eigenvalue weighted by Gasteiger charge is 2.14. The molecule has 1 N–H and O–H groups in total. The van der Waals surface area contributed by atoms with E-state index in [4.69, 9.17) is 4.74 Å². The van der Waals surface area contributed by atoms with Gasteiger partial charge in [-0.2, -0.15) is 0 Å². The highest BCUT2D eigenvalue weighted by Crippen LogP contribution is 2.24. The van der Waals surface area contributed by atoms with Crippen LogP contribution in [0.5, 0.6) is 0 Å². The molecule has 0 unspecified atom stereocenters. The Morgan fingerprint density at radius 2 is 2.00 bits per heavy atom. The summed E-state index contributed by atoms with van der Waals surface area (Å²) in [6, 6.07) is 0. The number of hydrogen-bond acceptors (Lipinski definition) is 2. The van der Waals surface area contributed by atoms with Gasteiger partial charge in [0.2, 0.25) is 0 Å². The molecule has 0 atom stereocenters. The van der Waals surface area contributed by atoms with Crippen molar-refractivity contribution in [1.29, 1.82) is 0 Å². The Morgan fingerprint density at radius 3 is 2.69 bits per heavy atom. The second-order valence-electron chi connectivity index (χ2n) is 4.04. The number of hydrogen-bond donors (Lipinski definition) is 1. The molecule has 0 aliphatic heterocycles. The lowest BCUT2D eigenvalue weighted by Crippen LogP contribution is -2.10. The fourth-order valence-electron chi connectivity index (χ4n) is 1.93. The van der Waals surface area contributed by atoms with Crippen molar-refractivity contribution in [3.05, 3.63) is 0 Å². The molecule has 0 radical (unpaired) electrons. The van der Waals surface area contributed by atoms with Crippen LogP contribution >= 0.6 is 0 Å². The van der Waals surface area contributed by atoms with Crippen molar-refractivity contribution in [3.63, 3.8) is 0 Å². The summed E-state index contributed by atoms with van der Waals surface area (Å²) in [4.78, 5) is 0. The standard InChI is InChI=1S/C11H23NO/c1-12-8-4-5-9-13-10-11-6-2-3-7-11/h11-12H,2-10H2,1H3. The Balaban J connectivity index is 1.78. The number of unbranched alkanes of at least 4 members (excludes halogenated alkanes) is 1. The Morgan fingerprint density at radius 1 is 1.23 bits per heavy atom. The zero-order chi connectivity index (χ0) is 9.36. The van der Waals surface area contributed by atoms with E-state index in [9.17, 15) is 0 Å². The van der Waals surface area contributed by atoms with Crippen LogP contribution in [0.15, 0.2) is 0 Å². The van der Waals surface area contributed by atoms with E-state index < -0.39 is 0 Å². The van der Waals surface area contributed by atoms with Crippen LogP contribution in [-0.2, 0) is 4.74 Å². The smallest absolute Gasteiger partial charge is 0.0494 e. The van der Waals surface area contributed by atoms with Gasteiger partial charge in [-0.3, -0.25) is 0 Å². The third kappa shape index (κ3) is 5.27. The molecular weight excluding hydrogens is 162 g/mol. The maximum Gasteiger partial charge on any atom is 0.0494 e. The lowest BCUT2D eigenvalue weighted by molar-refractivity contribution is 0.0983. The monoisotopic (exact) mass is 185 g/mol. The van der Waals surface area contributed by atoms with E-state index in [2.05, 4.69) is 5.32 Å². The lowest BCUT2D eigenvalue weighted by Gasteiger charge is -2.09. The molecule has 78 valence electrons. The molecule has 1 saturated carbocycles. The van der Waals surface area contributed by atoms with Crippen molar-refractivity contribution < 1.29 is 4.74 Å².